The fourth-order valence-corrected chi connectivity index (χ4v) is 2.47. The zero-order valence-corrected chi connectivity index (χ0v) is 12.1. The number of methoxy groups -OCH3 is 1. The summed E-state index contributed by atoms with van der Waals surface area (Å²) in [4.78, 5) is 11.0. The number of anilines is 1. The van der Waals surface area contributed by atoms with E-state index in [2.05, 4.69) is 21.3 Å². The van der Waals surface area contributed by atoms with Gasteiger partial charge in [0.05, 0.1) is 17.8 Å². The van der Waals surface area contributed by atoms with Crippen molar-refractivity contribution in [3.05, 3.63) is 28.8 Å². The van der Waals surface area contributed by atoms with Crippen LogP contribution in [-0.4, -0.2) is 39.0 Å². The van der Waals surface area contributed by atoms with Crippen molar-refractivity contribution >= 4 is 33.3 Å². The number of hydrogen-bond donors (Lipinski definition) is 2. The van der Waals surface area contributed by atoms with Gasteiger partial charge >= 0.3 is 5.97 Å². The summed E-state index contributed by atoms with van der Waals surface area (Å²) < 4.78 is 29.9. The summed E-state index contributed by atoms with van der Waals surface area (Å²) in [6.07, 6.45) is 0. The molecule has 1 aromatic rings. The lowest BCUT2D eigenvalue weighted by Crippen LogP contribution is -2.23. The van der Waals surface area contributed by atoms with Crippen LogP contribution in [0, 0.1) is 11.8 Å². The van der Waals surface area contributed by atoms with E-state index >= 15 is 0 Å². The van der Waals surface area contributed by atoms with E-state index in [0.717, 1.165) is 7.11 Å². The first-order valence-corrected chi connectivity index (χ1v) is 7.37. The molecule has 0 aromatic heterocycles. The Morgan fingerprint density at radius 3 is 2.80 bits per heavy atom. The topological polar surface area (TPSA) is 92.7 Å². The summed E-state index contributed by atoms with van der Waals surface area (Å²) >= 11 is 5.87. The zero-order valence-electron chi connectivity index (χ0n) is 10.5. The van der Waals surface area contributed by atoms with Gasteiger partial charge in [-0.25, -0.2) is 8.42 Å². The van der Waals surface area contributed by atoms with Crippen LogP contribution >= 0.6 is 11.6 Å². The van der Waals surface area contributed by atoms with Crippen LogP contribution in [0.15, 0.2) is 18.2 Å². The molecule has 0 saturated heterocycles. The van der Waals surface area contributed by atoms with Gasteiger partial charge in [0.1, 0.15) is 6.61 Å². The van der Waals surface area contributed by atoms with Gasteiger partial charge < -0.3 is 9.84 Å². The van der Waals surface area contributed by atoms with E-state index in [1.807, 2.05) is 0 Å². The highest BCUT2D eigenvalue weighted by Gasteiger charge is 2.18. The van der Waals surface area contributed by atoms with Crippen molar-refractivity contribution in [2.75, 3.05) is 24.2 Å². The van der Waals surface area contributed by atoms with Crippen molar-refractivity contribution in [3.8, 4) is 11.8 Å². The lowest BCUT2D eigenvalue weighted by atomic mass is 10.2. The second kappa shape index (κ2) is 7.14. The summed E-state index contributed by atoms with van der Waals surface area (Å²) in [5, 5.41) is 8.76. The number of nitrogens with one attached hydrogen (secondary N) is 1. The Labute approximate surface area is 121 Å². The Balaban J connectivity index is 2.99. The number of carbonyl (C=O) groups is 1. The minimum absolute atomic E-state index is 0.0975. The monoisotopic (exact) mass is 317 g/mol. The van der Waals surface area contributed by atoms with Gasteiger partial charge in [-0.05, 0) is 18.2 Å². The molecule has 0 heterocycles. The minimum atomic E-state index is -3.91. The van der Waals surface area contributed by atoms with E-state index in [0.29, 0.717) is 5.56 Å². The molecule has 0 aliphatic carbocycles. The summed E-state index contributed by atoms with van der Waals surface area (Å²) in [6, 6.07) is 4.43. The highest BCUT2D eigenvalue weighted by Crippen LogP contribution is 2.23. The van der Waals surface area contributed by atoms with E-state index in [4.69, 9.17) is 16.7 Å². The van der Waals surface area contributed by atoms with Gasteiger partial charge in [0.15, 0.2) is 5.75 Å². The average molecular weight is 318 g/mol. The second-order valence-electron chi connectivity index (χ2n) is 3.59. The summed E-state index contributed by atoms with van der Waals surface area (Å²) in [5.74, 6) is 3.34. The van der Waals surface area contributed by atoms with Gasteiger partial charge in [0.2, 0.25) is 10.0 Å². The van der Waals surface area contributed by atoms with Crippen LogP contribution in [0.5, 0.6) is 0 Å². The molecule has 0 fully saturated rings. The molecule has 20 heavy (non-hydrogen) atoms. The Bertz CT molecular complexity index is 660. The van der Waals surface area contributed by atoms with Crippen LogP contribution < -0.4 is 4.72 Å². The van der Waals surface area contributed by atoms with E-state index in [1.54, 1.807) is 6.07 Å². The molecule has 0 aliphatic rings. The smallest absolute Gasteiger partial charge is 0.322 e. The number of halogens is 1. The maximum absolute atomic E-state index is 11.7. The van der Waals surface area contributed by atoms with Crippen LogP contribution in [-0.2, 0) is 19.6 Å². The van der Waals surface area contributed by atoms with E-state index in [9.17, 15) is 13.2 Å². The number of esters is 1. The molecule has 0 atom stereocenters. The highest BCUT2D eigenvalue weighted by molar-refractivity contribution is 7.93. The van der Waals surface area contributed by atoms with E-state index in [1.165, 1.54) is 12.1 Å². The Hall–Kier alpha value is -1.75. The maximum Gasteiger partial charge on any atom is 0.322 e. The number of benzene rings is 1. The van der Waals surface area contributed by atoms with Gasteiger partial charge in [0.25, 0.3) is 0 Å². The first-order valence-electron chi connectivity index (χ1n) is 5.34. The molecule has 0 bridgehead atoms. The van der Waals surface area contributed by atoms with Gasteiger partial charge in [-0.2, -0.15) is 0 Å². The number of ether oxygens (including phenoxy) is 1. The Morgan fingerprint density at radius 2 is 2.20 bits per heavy atom. The molecule has 6 nitrogen and oxygen atoms in total. The number of rotatable bonds is 4. The molecular weight excluding hydrogens is 306 g/mol. The summed E-state index contributed by atoms with van der Waals surface area (Å²) in [6.45, 7) is -0.313. The molecule has 1 aromatic carbocycles. The fraction of sp³-hybridized carbons (Fsp3) is 0.250. The number of aliphatic hydroxyl groups is 1. The first kappa shape index (κ1) is 16.3. The van der Waals surface area contributed by atoms with Crippen LogP contribution in [0.4, 0.5) is 5.69 Å². The zero-order chi connectivity index (χ0) is 15.2. The third kappa shape index (κ3) is 5.09. The lowest BCUT2D eigenvalue weighted by Gasteiger charge is -2.09. The fourth-order valence-electron chi connectivity index (χ4n) is 1.24. The number of carbonyl (C=O) groups excluding carboxylic acids is 1. The van der Waals surface area contributed by atoms with Crippen molar-refractivity contribution in [2.45, 2.75) is 0 Å². The van der Waals surface area contributed by atoms with Crippen molar-refractivity contribution in [1.29, 1.82) is 0 Å². The van der Waals surface area contributed by atoms with Gasteiger partial charge in [-0.3, -0.25) is 9.52 Å². The molecule has 8 heteroatoms. The van der Waals surface area contributed by atoms with Crippen molar-refractivity contribution < 1.29 is 23.1 Å². The molecule has 0 saturated carbocycles. The van der Waals surface area contributed by atoms with Gasteiger partial charge in [-0.15, -0.1) is 0 Å². The molecule has 0 amide bonds. The predicted octanol–water partition coefficient (Wildman–Crippen LogP) is 0.598. The highest BCUT2D eigenvalue weighted by atomic mass is 35.5. The number of hydrogen-bond acceptors (Lipinski definition) is 5. The number of aliphatic hydroxyl groups excluding tert-OH is 1. The second-order valence-corrected chi connectivity index (χ2v) is 5.72. The molecule has 0 radical (unpaired) electrons. The standard InChI is InChI=1S/C12H12ClNO5S/c1-19-12(16)8-20(17,18)14-11-7-9(3-2-6-15)4-5-10(11)13/h4-5,7,14-15H,6,8H2,1H3. The summed E-state index contributed by atoms with van der Waals surface area (Å²) in [7, 11) is -2.82. The quantitative estimate of drug-likeness (QED) is 0.626. The first-order chi connectivity index (χ1) is 9.38. The third-order valence-electron chi connectivity index (χ3n) is 2.08. The largest absolute Gasteiger partial charge is 0.468 e. The average Bonchev–Trinajstić information content (AvgIpc) is 2.38. The van der Waals surface area contributed by atoms with Crippen LogP contribution in [0.3, 0.4) is 0 Å². The summed E-state index contributed by atoms with van der Waals surface area (Å²) in [5.41, 5.74) is 0.569. The van der Waals surface area contributed by atoms with Crippen LogP contribution in [0.2, 0.25) is 5.02 Å². The molecule has 0 spiro atoms. The van der Waals surface area contributed by atoms with Crippen molar-refractivity contribution in [3.63, 3.8) is 0 Å². The molecule has 2 N–H and O–H groups in total. The van der Waals surface area contributed by atoms with Crippen molar-refractivity contribution in [1.82, 2.24) is 0 Å². The number of sulfonamides is 1. The molecule has 1 rings (SSSR count). The Morgan fingerprint density at radius 1 is 1.50 bits per heavy atom. The maximum atomic E-state index is 11.7. The Kier molecular flexibility index (Phi) is 5.82. The molecule has 0 aliphatic heterocycles. The van der Waals surface area contributed by atoms with Crippen LogP contribution in [0.1, 0.15) is 5.56 Å². The van der Waals surface area contributed by atoms with Crippen LogP contribution in [0.25, 0.3) is 0 Å². The van der Waals surface area contributed by atoms with Gasteiger partial charge in [0, 0.05) is 5.56 Å². The lowest BCUT2D eigenvalue weighted by molar-refractivity contribution is -0.137. The third-order valence-corrected chi connectivity index (χ3v) is 3.56. The molecular formula is C12H12ClNO5S. The molecule has 0 unspecified atom stereocenters. The normalized spacial score (nSPS) is 10.3. The SMILES string of the molecule is COC(=O)CS(=O)(=O)Nc1cc(C#CCO)ccc1Cl. The molecule has 108 valence electrons. The minimum Gasteiger partial charge on any atom is -0.468 e. The van der Waals surface area contributed by atoms with E-state index < -0.39 is 21.7 Å². The van der Waals surface area contributed by atoms with Gasteiger partial charge in [-0.1, -0.05) is 23.4 Å². The predicted molar refractivity (Wildman–Crippen MR) is 74.8 cm³/mol. The van der Waals surface area contributed by atoms with E-state index in [-0.39, 0.29) is 17.3 Å². The van der Waals surface area contributed by atoms with Crippen molar-refractivity contribution in [2.24, 2.45) is 0 Å².